The quantitative estimate of drug-likeness (QED) is 0.808. The fourth-order valence-corrected chi connectivity index (χ4v) is 5.66. The highest BCUT2D eigenvalue weighted by Crippen LogP contribution is 2.27. The zero-order valence-corrected chi connectivity index (χ0v) is 17.0. The van der Waals surface area contributed by atoms with Crippen LogP contribution in [0.15, 0.2) is 29.2 Å². The molecule has 1 N–H and O–H groups in total. The van der Waals surface area contributed by atoms with Gasteiger partial charge in [-0.15, -0.1) is 0 Å². The summed E-state index contributed by atoms with van der Waals surface area (Å²) < 4.78 is 27.6. The van der Waals surface area contributed by atoms with E-state index >= 15 is 0 Å². The van der Waals surface area contributed by atoms with Crippen molar-refractivity contribution in [3.8, 4) is 0 Å². The maximum absolute atomic E-state index is 13.1. The van der Waals surface area contributed by atoms with Crippen molar-refractivity contribution in [3.63, 3.8) is 0 Å². The molecule has 3 rings (SSSR count). The van der Waals surface area contributed by atoms with Crippen molar-refractivity contribution in [1.82, 2.24) is 9.21 Å². The lowest BCUT2D eigenvalue weighted by Gasteiger charge is -2.33. The third kappa shape index (κ3) is 4.22. The van der Waals surface area contributed by atoms with Crippen LogP contribution in [-0.2, 0) is 14.8 Å². The lowest BCUT2D eigenvalue weighted by Crippen LogP contribution is -2.48. The van der Waals surface area contributed by atoms with Crippen molar-refractivity contribution in [2.75, 3.05) is 13.6 Å². The van der Waals surface area contributed by atoms with Crippen LogP contribution in [0, 0.1) is 0 Å². The molecule has 8 heteroatoms. The molecular weight excluding hydrogens is 380 g/mol. The van der Waals surface area contributed by atoms with Gasteiger partial charge in [-0.1, -0.05) is 25.3 Å². The second-order valence-electron chi connectivity index (χ2n) is 7.69. The van der Waals surface area contributed by atoms with E-state index in [2.05, 4.69) is 0 Å². The average Bonchev–Trinajstić information content (AvgIpc) is 2.73. The number of likely N-dealkylation sites (tertiary alicyclic amines) is 1. The maximum Gasteiger partial charge on any atom is 0.326 e. The summed E-state index contributed by atoms with van der Waals surface area (Å²) in [5.74, 6) is -1.45. The number of carboxylic acid groups (broad SMARTS) is 1. The van der Waals surface area contributed by atoms with E-state index in [0.29, 0.717) is 13.0 Å². The van der Waals surface area contributed by atoms with Crippen molar-refractivity contribution < 1.29 is 23.1 Å². The van der Waals surface area contributed by atoms with Gasteiger partial charge in [0.15, 0.2) is 0 Å². The monoisotopic (exact) mass is 408 g/mol. The van der Waals surface area contributed by atoms with Crippen LogP contribution in [-0.4, -0.2) is 60.3 Å². The van der Waals surface area contributed by atoms with E-state index in [0.717, 1.165) is 44.9 Å². The van der Waals surface area contributed by atoms with Crippen LogP contribution in [0.1, 0.15) is 61.7 Å². The Balaban J connectivity index is 1.84. The predicted molar refractivity (Wildman–Crippen MR) is 105 cm³/mol. The Kier molecular flexibility index (Phi) is 6.40. The molecule has 1 aromatic carbocycles. The lowest BCUT2D eigenvalue weighted by molar-refractivity contribution is -0.143. The number of rotatable bonds is 5. The van der Waals surface area contributed by atoms with Gasteiger partial charge >= 0.3 is 5.97 Å². The average molecular weight is 409 g/mol. The predicted octanol–water partition coefficient (Wildman–Crippen LogP) is 2.72. The van der Waals surface area contributed by atoms with Gasteiger partial charge in [-0.3, -0.25) is 4.79 Å². The van der Waals surface area contributed by atoms with Gasteiger partial charge in [0.1, 0.15) is 6.04 Å². The topological polar surface area (TPSA) is 95.0 Å². The van der Waals surface area contributed by atoms with Crippen molar-refractivity contribution in [2.45, 2.75) is 68.3 Å². The van der Waals surface area contributed by atoms with E-state index in [4.69, 9.17) is 0 Å². The summed E-state index contributed by atoms with van der Waals surface area (Å²) in [7, 11) is -2.11. The molecule has 1 heterocycles. The number of carboxylic acids is 1. The molecule has 7 nitrogen and oxygen atoms in total. The summed E-state index contributed by atoms with van der Waals surface area (Å²) in [4.78, 5) is 25.8. The molecule has 0 bridgehead atoms. The van der Waals surface area contributed by atoms with E-state index in [1.807, 2.05) is 0 Å². The highest BCUT2D eigenvalue weighted by Gasteiger charge is 2.34. The SMILES string of the molecule is CN(C1CCCCC1)S(=O)(=O)c1cccc(C(=O)N2CCCCC2C(=O)O)c1. The molecule has 1 aliphatic heterocycles. The van der Waals surface area contributed by atoms with Gasteiger partial charge in [0, 0.05) is 25.2 Å². The molecular formula is C20H28N2O5S. The lowest BCUT2D eigenvalue weighted by atomic mass is 9.96. The minimum absolute atomic E-state index is 0.0170. The number of piperidine rings is 1. The number of benzene rings is 1. The number of aliphatic carboxylic acids is 1. The molecule has 1 atom stereocenters. The summed E-state index contributed by atoms with van der Waals surface area (Å²) in [5.41, 5.74) is 0.214. The van der Waals surface area contributed by atoms with Gasteiger partial charge < -0.3 is 10.0 Å². The number of hydrogen-bond donors (Lipinski definition) is 1. The van der Waals surface area contributed by atoms with Crippen LogP contribution < -0.4 is 0 Å². The minimum Gasteiger partial charge on any atom is -0.480 e. The molecule has 1 aromatic rings. The number of hydrogen-bond acceptors (Lipinski definition) is 4. The van der Waals surface area contributed by atoms with Gasteiger partial charge in [-0.2, -0.15) is 4.31 Å². The molecule has 0 aromatic heterocycles. The Hall–Kier alpha value is -1.93. The summed E-state index contributed by atoms with van der Waals surface area (Å²) in [6, 6.07) is 5.10. The number of carbonyl (C=O) groups excluding carboxylic acids is 1. The first-order valence-corrected chi connectivity index (χ1v) is 11.4. The van der Waals surface area contributed by atoms with E-state index in [1.54, 1.807) is 19.2 Å². The maximum atomic E-state index is 13.1. The highest BCUT2D eigenvalue weighted by atomic mass is 32.2. The smallest absolute Gasteiger partial charge is 0.326 e. The first-order valence-electron chi connectivity index (χ1n) is 9.94. The molecule has 1 saturated carbocycles. The Bertz CT molecular complexity index is 833. The minimum atomic E-state index is -3.71. The number of sulfonamides is 1. The first-order chi connectivity index (χ1) is 13.3. The van der Waals surface area contributed by atoms with Crippen LogP contribution in [0.25, 0.3) is 0 Å². The first kappa shape index (κ1) is 20.8. The molecule has 1 aliphatic carbocycles. The van der Waals surface area contributed by atoms with Crippen LogP contribution in [0.2, 0.25) is 0 Å². The Morgan fingerprint density at radius 1 is 1.07 bits per heavy atom. The van der Waals surface area contributed by atoms with Crippen molar-refractivity contribution in [3.05, 3.63) is 29.8 Å². The van der Waals surface area contributed by atoms with E-state index in [9.17, 15) is 23.1 Å². The molecule has 1 saturated heterocycles. The molecule has 154 valence electrons. The summed E-state index contributed by atoms with van der Waals surface area (Å²) >= 11 is 0. The molecule has 0 spiro atoms. The zero-order chi connectivity index (χ0) is 20.3. The number of carbonyl (C=O) groups is 2. The molecule has 2 fully saturated rings. The third-order valence-corrected chi connectivity index (χ3v) is 7.80. The van der Waals surface area contributed by atoms with Crippen LogP contribution >= 0.6 is 0 Å². The second kappa shape index (κ2) is 8.61. The molecule has 1 amide bonds. The zero-order valence-electron chi connectivity index (χ0n) is 16.2. The van der Waals surface area contributed by atoms with Gasteiger partial charge in [-0.25, -0.2) is 13.2 Å². The van der Waals surface area contributed by atoms with E-state index < -0.39 is 27.9 Å². The summed E-state index contributed by atoms with van der Waals surface area (Å²) in [6.07, 6.45) is 6.81. The normalized spacial score (nSPS) is 21.6. The summed E-state index contributed by atoms with van der Waals surface area (Å²) in [6.45, 7) is 0.370. The second-order valence-corrected chi connectivity index (χ2v) is 9.69. The van der Waals surface area contributed by atoms with Crippen molar-refractivity contribution in [2.24, 2.45) is 0 Å². The van der Waals surface area contributed by atoms with Gasteiger partial charge in [0.2, 0.25) is 10.0 Å². The van der Waals surface area contributed by atoms with Gasteiger partial charge in [-0.05, 0) is 50.3 Å². The Morgan fingerprint density at radius 3 is 2.43 bits per heavy atom. The highest BCUT2D eigenvalue weighted by molar-refractivity contribution is 7.89. The third-order valence-electron chi connectivity index (χ3n) is 5.90. The van der Waals surface area contributed by atoms with Crippen molar-refractivity contribution >= 4 is 21.9 Å². The largest absolute Gasteiger partial charge is 0.480 e. The van der Waals surface area contributed by atoms with Crippen LogP contribution in [0.4, 0.5) is 0 Å². The Labute approximate surface area is 166 Å². The Morgan fingerprint density at radius 2 is 1.75 bits per heavy atom. The molecule has 2 aliphatic rings. The van der Waals surface area contributed by atoms with Crippen molar-refractivity contribution in [1.29, 1.82) is 0 Å². The number of amides is 1. The molecule has 1 unspecified atom stereocenters. The van der Waals surface area contributed by atoms with Crippen LogP contribution in [0.5, 0.6) is 0 Å². The van der Waals surface area contributed by atoms with Crippen LogP contribution in [0.3, 0.4) is 0 Å². The van der Waals surface area contributed by atoms with E-state index in [1.165, 1.54) is 21.3 Å². The van der Waals surface area contributed by atoms with Gasteiger partial charge in [0.05, 0.1) is 4.90 Å². The molecule has 0 radical (unpaired) electrons. The standard InChI is InChI=1S/C20H28N2O5S/c1-21(16-9-3-2-4-10-16)28(26,27)17-11-7-8-15(14-17)19(23)22-13-6-5-12-18(22)20(24)25/h7-8,11,14,16,18H,2-6,9-10,12-13H2,1H3,(H,24,25). The fourth-order valence-electron chi connectivity index (χ4n) is 4.19. The van der Waals surface area contributed by atoms with E-state index in [-0.39, 0.29) is 16.5 Å². The molecule has 28 heavy (non-hydrogen) atoms. The fraction of sp³-hybridized carbons (Fsp3) is 0.600. The summed E-state index contributed by atoms with van der Waals surface area (Å²) in [5, 5.41) is 9.41. The number of nitrogens with zero attached hydrogens (tertiary/aromatic N) is 2. The van der Waals surface area contributed by atoms with Gasteiger partial charge in [0.25, 0.3) is 5.91 Å².